The SMILES string of the molecule is NCC(O)COC1CC1. The molecule has 1 aliphatic carbocycles. The lowest BCUT2D eigenvalue weighted by Gasteiger charge is -2.06. The van der Waals surface area contributed by atoms with Crippen LogP contribution >= 0.6 is 0 Å². The number of aliphatic hydroxyl groups is 1. The minimum atomic E-state index is -0.467. The molecule has 1 rings (SSSR count). The van der Waals surface area contributed by atoms with Gasteiger partial charge in [-0.1, -0.05) is 0 Å². The van der Waals surface area contributed by atoms with Gasteiger partial charge in [-0.05, 0) is 12.8 Å². The zero-order valence-corrected chi connectivity index (χ0v) is 5.42. The predicted octanol–water partition coefficient (Wildman–Crippen LogP) is -0.515. The molecule has 9 heavy (non-hydrogen) atoms. The van der Waals surface area contributed by atoms with Gasteiger partial charge >= 0.3 is 0 Å². The normalized spacial score (nSPS) is 22.0. The summed E-state index contributed by atoms with van der Waals surface area (Å²) < 4.78 is 5.18. The molecule has 0 amide bonds. The summed E-state index contributed by atoms with van der Waals surface area (Å²) in [5, 5.41) is 8.88. The third-order valence-corrected chi connectivity index (χ3v) is 1.32. The lowest BCUT2D eigenvalue weighted by molar-refractivity contribution is 0.0325. The molecule has 0 aromatic rings. The van der Waals surface area contributed by atoms with Crippen LogP contribution in [0.2, 0.25) is 0 Å². The Labute approximate surface area is 54.8 Å². The van der Waals surface area contributed by atoms with Gasteiger partial charge in [0.1, 0.15) is 0 Å². The van der Waals surface area contributed by atoms with Gasteiger partial charge in [0, 0.05) is 6.54 Å². The van der Waals surface area contributed by atoms with Crippen molar-refractivity contribution in [2.24, 2.45) is 5.73 Å². The first kappa shape index (κ1) is 6.99. The molecule has 0 aromatic heterocycles. The average Bonchev–Trinajstić information content (AvgIpc) is 2.65. The molecule has 1 saturated carbocycles. The molecule has 0 saturated heterocycles. The molecule has 0 aromatic carbocycles. The Kier molecular flexibility index (Phi) is 2.45. The number of hydrogen-bond acceptors (Lipinski definition) is 3. The maximum absolute atomic E-state index is 8.88. The molecule has 1 atom stereocenters. The van der Waals surface area contributed by atoms with Gasteiger partial charge in [-0.15, -0.1) is 0 Å². The Morgan fingerprint density at radius 1 is 1.67 bits per heavy atom. The topological polar surface area (TPSA) is 55.5 Å². The van der Waals surface area contributed by atoms with Gasteiger partial charge in [0.05, 0.1) is 18.8 Å². The van der Waals surface area contributed by atoms with E-state index in [1.165, 1.54) is 0 Å². The number of aliphatic hydroxyl groups excluding tert-OH is 1. The summed E-state index contributed by atoms with van der Waals surface area (Å²) >= 11 is 0. The Morgan fingerprint density at radius 2 is 2.33 bits per heavy atom. The van der Waals surface area contributed by atoms with Gasteiger partial charge in [-0.25, -0.2) is 0 Å². The van der Waals surface area contributed by atoms with Crippen molar-refractivity contribution in [2.75, 3.05) is 13.2 Å². The summed E-state index contributed by atoms with van der Waals surface area (Å²) in [6, 6.07) is 0. The van der Waals surface area contributed by atoms with Crippen LogP contribution in [0.4, 0.5) is 0 Å². The highest BCUT2D eigenvalue weighted by molar-refractivity contribution is 4.73. The Morgan fingerprint density at radius 3 is 2.78 bits per heavy atom. The lowest BCUT2D eigenvalue weighted by Crippen LogP contribution is -2.25. The molecule has 3 N–H and O–H groups in total. The first-order valence-electron chi connectivity index (χ1n) is 3.32. The van der Waals surface area contributed by atoms with Gasteiger partial charge < -0.3 is 15.6 Å². The van der Waals surface area contributed by atoms with Crippen LogP contribution in [0.5, 0.6) is 0 Å². The second-order valence-corrected chi connectivity index (χ2v) is 2.42. The maximum Gasteiger partial charge on any atom is 0.0895 e. The van der Waals surface area contributed by atoms with Crippen molar-refractivity contribution < 1.29 is 9.84 Å². The van der Waals surface area contributed by atoms with E-state index in [4.69, 9.17) is 15.6 Å². The summed E-state index contributed by atoms with van der Waals surface area (Å²) in [5.41, 5.74) is 5.15. The molecule has 0 spiro atoms. The van der Waals surface area contributed by atoms with Crippen LogP contribution in [0.15, 0.2) is 0 Å². The number of ether oxygens (including phenoxy) is 1. The summed E-state index contributed by atoms with van der Waals surface area (Å²) in [4.78, 5) is 0. The fourth-order valence-electron chi connectivity index (χ4n) is 0.550. The van der Waals surface area contributed by atoms with E-state index in [1.807, 2.05) is 0 Å². The van der Waals surface area contributed by atoms with Crippen LogP contribution in [-0.2, 0) is 4.74 Å². The molecule has 0 bridgehead atoms. The highest BCUT2D eigenvalue weighted by atomic mass is 16.5. The molecule has 54 valence electrons. The smallest absolute Gasteiger partial charge is 0.0895 e. The summed E-state index contributed by atoms with van der Waals surface area (Å²) in [5.74, 6) is 0. The van der Waals surface area contributed by atoms with E-state index < -0.39 is 6.10 Å². The van der Waals surface area contributed by atoms with E-state index in [9.17, 15) is 0 Å². The number of rotatable bonds is 4. The van der Waals surface area contributed by atoms with Crippen molar-refractivity contribution in [1.82, 2.24) is 0 Å². The molecule has 1 unspecified atom stereocenters. The van der Waals surface area contributed by atoms with E-state index in [-0.39, 0.29) is 0 Å². The van der Waals surface area contributed by atoms with E-state index in [1.54, 1.807) is 0 Å². The highest BCUT2D eigenvalue weighted by Gasteiger charge is 2.22. The van der Waals surface area contributed by atoms with Gasteiger partial charge in [0.2, 0.25) is 0 Å². The van der Waals surface area contributed by atoms with Crippen molar-refractivity contribution in [3.63, 3.8) is 0 Å². The van der Waals surface area contributed by atoms with Crippen LogP contribution in [0.3, 0.4) is 0 Å². The Hall–Kier alpha value is -0.120. The minimum Gasteiger partial charge on any atom is -0.389 e. The molecule has 0 heterocycles. The second-order valence-electron chi connectivity index (χ2n) is 2.42. The Balaban J connectivity index is 1.90. The van der Waals surface area contributed by atoms with Crippen molar-refractivity contribution in [1.29, 1.82) is 0 Å². The van der Waals surface area contributed by atoms with Gasteiger partial charge in [-0.2, -0.15) is 0 Å². The first-order chi connectivity index (χ1) is 4.33. The summed E-state index contributed by atoms with van der Waals surface area (Å²) in [6.45, 7) is 0.702. The van der Waals surface area contributed by atoms with Crippen LogP contribution < -0.4 is 5.73 Å². The quantitative estimate of drug-likeness (QED) is 0.540. The second kappa shape index (κ2) is 3.15. The molecule has 1 fully saturated rings. The monoisotopic (exact) mass is 131 g/mol. The van der Waals surface area contributed by atoms with Crippen molar-refractivity contribution in [2.45, 2.75) is 25.0 Å². The largest absolute Gasteiger partial charge is 0.389 e. The molecular weight excluding hydrogens is 118 g/mol. The van der Waals surface area contributed by atoms with E-state index in [0.29, 0.717) is 19.3 Å². The van der Waals surface area contributed by atoms with E-state index in [0.717, 1.165) is 12.8 Å². The van der Waals surface area contributed by atoms with Gasteiger partial charge in [0.25, 0.3) is 0 Å². The summed E-state index contributed by atoms with van der Waals surface area (Å²) in [7, 11) is 0. The van der Waals surface area contributed by atoms with Crippen molar-refractivity contribution in [3.05, 3.63) is 0 Å². The zero-order valence-electron chi connectivity index (χ0n) is 5.42. The fraction of sp³-hybridized carbons (Fsp3) is 1.00. The predicted molar refractivity (Wildman–Crippen MR) is 34.0 cm³/mol. The van der Waals surface area contributed by atoms with Crippen LogP contribution in [-0.4, -0.2) is 30.5 Å². The molecular formula is C6H13NO2. The van der Waals surface area contributed by atoms with Crippen molar-refractivity contribution >= 4 is 0 Å². The average molecular weight is 131 g/mol. The third-order valence-electron chi connectivity index (χ3n) is 1.32. The van der Waals surface area contributed by atoms with Crippen LogP contribution in [0.1, 0.15) is 12.8 Å². The lowest BCUT2D eigenvalue weighted by atomic mass is 10.4. The molecule has 0 aliphatic heterocycles. The number of nitrogens with two attached hydrogens (primary N) is 1. The van der Waals surface area contributed by atoms with E-state index in [2.05, 4.69) is 0 Å². The zero-order chi connectivity index (χ0) is 6.69. The number of hydrogen-bond donors (Lipinski definition) is 2. The summed E-state index contributed by atoms with van der Waals surface area (Å²) in [6.07, 6.45) is 2.26. The minimum absolute atomic E-state index is 0.298. The highest BCUT2D eigenvalue weighted by Crippen LogP contribution is 2.23. The molecule has 0 radical (unpaired) electrons. The maximum atomic E-state index is 8.88. The standard InChI is InChI=1S/C6H13NO2/c7-3-5(8)4-9-6-1-2-6/h5-6,8H,1-4,7H2. The first-order valence-corrected chi connectivity index (χ1v) is 3.32. The molecule has 3 nitrogen and oxygen atoms in total. The van der Waals surface area contributed by atoms with Crippen molar-refractivity contribution in [3.8, 4) is 0 Å². The molecule has 3 heteroatoms. The molecule has 1 aliphatic rings. The van der Waals surface area contributed by atoms with E-state index >= 15 is 0 Å². The van der Waals surface area contributed by atoms with Crippen LogP contribution in [0, 0.1) is 0 Å². The Bertz CT molecular complexity index is 83.1. The van der Waals surface area contributed by atoms with Crippen LogP contribution in [0.25, 0.3) is 0 Å². The van der Waals surface area contributed by atoms with Gasteiger partial charge in [-0.3, -0.25) is 0 Å². The third kappa shape index (κ3) is 2.79. The van der Waals surface area contributed by atoms with Gasteiger partial charge in [0.15, 0.2) is 0 Å². The fourth-order valence-corrected chi connectivity index (χ4v) is 0.550.